The van der Waals surface area contributed by atoms with E-state index in [0.717, 1.165) is 31.4 Å². The van der Waals surface area contributed by atoms with Crippen LogP contribution in [0.15, 0.2) is 22.0 Å². The maximum atomic E-state index is 12.6. The zero-order chi connectivity index (χ0) is 17.3. The minimum atomic E-state index is -3.17. The summed E-state index contributed by atoms with van der Waals surface area (Å²) in [5, 5.41) is 0. The van der Waals surface area contributed by atoms with E-state index in [9.17, 15) is 8.42 Å². The molecule has 0 amide bonds. The molecule has 4 nitrogen and oxygen atoms in total. The molecule has 130 valence electrons. The van der Waals surface area contributed by atoms with Crippen LogP contribution in [0.3, 0.4) is 0 Å². The number of sulfonamides is 1. The van der Waals surface area contributed by atoms with Crippen LogP contribution in [-0.2, 0) is 15.8 Å². The third-order valence-electron chi connectivity index (χ3n) is 4.74. The number of benzene rings is 1. The summed E-state index contributed by atoms with van der Waals surface area (Å²) in [6.07, 6.45) is 3.04. The van der Waals surface area contributed by atoms with E-state index in [-0.39, 0.29) is 5.75 Å². The second kappa shape index (κ2) is 7.98. The summed E-state index contributed by atoms with van der Waals surface area (Å²) >= 11 is 0.898. The average Bonchev–Trinajstić information content (AvgIpc) is 3.14. The molecule has 0 atom stereocenters. The SMILES string of the molecule is CN(C)CCC1=[CH][In]([I])[c]2ccc(CS(=O)(=O)N3CCCC3)cc21. The third-order valence-corrected chi connectivity index (χ3v) is 18.6. The number of nitrogens with zero attached hydrogens (tertiary/aromatic N) is 2. The van der Waals surface area contributed by atoms with Crippen molar-refractivity contribution in [1.29, 1.82) is 0 Å². The summed E-state index contributed by atoms with van der Waals surface area (Å²) in [6.45, 7) is 2.41. The Labute approximate surface area is 162 Å². The van der Waals surface area contributed by atoms with Crippen LogP contribution in [0.4, 0.5) is 0 Å². The van der Waals surface area contributed by atoms with Gasteiger partial charge >= 0.3 is 164 Å². The molecule has 1 saturated heterocycles. The molecule has 0 radical (unpaired) electrons. The van der Waals surface area contributed by atoms with Crippen molar-refractivity contribution in [3.8, 4) is 0 Å². The molecule has 0 aliphatic carbocycles. The minimum absolute atomic E-state index is 0.142. The Kier molecular flexibility index (Phi) is 6.38. The second-order valence-electron chi connectivity index (χ2n) is 6.93. The van der Waals surface area contributed by atoms with Crippen molar-refractivity contribution < 1.29 is 8.42 Å². The molecular formula is C17H24IInN2O2S. The molecule has 7 heteroatoms. The molecule has 1 aromatic carbocycles. The van der Waals surface area contributed by atoms with Crippen LogP contribution in [0.2, 0.25) is 0 Å². The van der Waals surface area contributed by atoms with Gasteiger partial charge in [0.2, 0.25) is 0 Å². The van der Waals surface area contributed by atoms with Crippen LogP contribution in [0.1, 0.15) is 30.4 Å². The van der Waals surface area contributed by atoms with Gasteiger partial charge in [-0.05, 0) is 0 Å². The molecule has 1 aromatic rings. The molecule has 2 aliphatic heterocycles. The predicted molar refractivity (Wildman–Crippen MR) is 110 cm³/mol. The summed E-state index contributed by atoms with van der Waals surface area (Å²) in [4.78, 5) is 2.21. The number of halogens is 1. The van der Waals surface area contributed by atoms with Crippen LogP contribution in [0.25, 0.3) is 5.57 Å². The van der Waals surface area contributed by atoms with Crippen molar-refractivity contribution in [1.82, 2.24) is 9.21 Å². The molecular weight excluding hydrogens is 538 g/mol. The second-order valence-corrected chi connectivity index (χ2v) is 22.9. The Morgan fingerprint density at radius 2 is 1.96 bits per heavy atom. The average molecular weight is 562 g/mol. The van der Waals surface area contributed by atoms with Crippen molar-refractivity contribution in [3.63, 3.8) is 0 Å². The van der Waals surface area contributed by atoms with Gasteiger partial charge in [-0.15, -0.1) is 0 Å². The van der Waals surface area contributed by atoms with Crippen LogP contribution in [0.5, 0.6) is 0 Å². The Morgan fingerprint density at radius 3 is 2.62 bits per heavy atom. The first kappa shape index (κ1) is 19.2. The first-order valence-corrected chi connectivity index (χ1v) is 23.2. The van der Waals surface area contributed by atoms with Crippen molar-refractivity contribution in [2.24, 2.45) is 0 Å². The monoisotopic (exact) mass is 562 g/mol. The van der Waals surface area contributed by atoms with E-state index in [1.165, 1.54) is 14.5 Å². The Bertz CT molecular complexity index is 743. The van der Waals surface area contributed by atoms with Crippen molar-refractivity contribution in [2.45, 2.75) is 25.0 Å². The summed E-state index contributed by atoms with van der Waals surface area (Å²) in [5.41, 5.74) is 3.71. The van der Waals surface area contributed by atoms with E-state index in [0.29, 0.717) is 13.1 Å². The van der Waals surface area contributed by atoms with Gasteiger partial charge in [0.15, 0.2) is 0 Å². The van der Waals surface area contributed by atoms with Gasteiger partial charge in [-0.25, -0.2) is 0 Å². The number of rotatable bonds is 6. The van der Waals surface area contributed by atoms with Crippen LogP contribution in [0, 0.1) is 0 Å². The zero-order valence-electron chi connectivity index (χ0n) is 14.3. The summed E-state index contributed by atoms with van der Waals surface area (Å²) in [7, 11) is 1.03. The van der Waals surface area contributed by atoms with E-state index in [1.807, 2.05) is 6.07 Å². The summed E-state index contributed by atoms with van der Waals surface area (Å²) in [6, 6.07) is 6.40. The fraction of sp³-hybridized carbons (Fsp3) is 0.529. The van der Waals surface area contributed by atoms with Crippen molar-refractivity contribution >= 4 is 54.3 Å². The van der Waals surface area contributed by atoms with E-state index in [4.69, 9.17) is 0 Å². The van der Waals surface area contributed by atoms with Gasteiger partial charge in [0.1, 0.15) is 0 Å². The fourth-order valence-electron chi connectivity index (χ4n) is 3.40. The van der Waals surface area contributed by atoms with Gasteiger partial charge in [0.05, 0.1) is 0 Å². The molecule has 0 spiro atoms. The number of hydrogen-bond acceptors (Lipinski definition) is 3. The molecule has 2 aliphatic rings. The maximum absolute atomic E-state index is 12.6. The van der Waals surface area contributed by atoms with Crippen molar-refractivity contribution in [3.05, 3.63) is 33.2 Å². The van der Waals surface area contributed by atoms with Crippen LogP contribution in [-0.4, -0.2) is 68.6 Å². The molecule has 24 heavy (non-hydrogen) atoms. The Balaban J connectivity index is 1.80. The van der Waals surface area contributed by atoms with Gasteiger partial charge in [-0.3, -0.25) is 0 Å². The molecule has 0 unspecified atom stereocenters. The molecule has 0 aromatic heterocycles. The van der Waals surface area contributed by atoms with Gasteiger partial charge in [0.25, 0.3) is 0 Å². The molecule has 1 fully saturated rings. The molecule has 0 saturated carbocycles. The molecule has 3 rings (SSSR count). The quantitative estimate of drug-likeness (QED) is 0.500. The molecule has 2 heterocycles. The fourth-order valence-corrected chi connectivity index (χ4v) is 16.5. The first-order valence-electron chi connectivity index (χ1n) is 8.47. The Hall–Kier alpha value is 0.430. The number of hydrogen-bond donors (Lipinski definition) is 0. The van der Waals surface area contributed by atoms with Gasteiger partial charge in [0, 0.05) is 0 Å². The normalized spacial score (nSPS) is 18.3. The van der Waals surface area contributed by atoms with Crippen LogP contribution >= 0.6 is 18.1 Å². The summed E-state index contributed by atoms with van der Waals surface area (Å²) in [5.74, 6) is 0.142. The standard InChI is InChI=1S/C17H24N2O2S.HI.In/c1-15(9-12-18(2)3)17-8-6-7-16(13-17)14-22(20,21)19-10-4-5-11-19;;/h1,6-7,13H,4-5,9-12,14H2,2-3H3;1H;/q;;+1/p-1. The predicted octanol–water partition coefficient (Wildman–Crippen LogP) is 2.13. The molecule has 0 bridgehead atoms. The van der Waals surface area contributed by atoms with Crippen LogP contribution < -0.4 is 3.32 Å². The Morgan fingerprint density at radius 1 is 1.25 bits per heavy atom. The van der Waals surface area contributed by atoms with E-state index < -0.39 is 27.3 Å². The van der Waals surface area contributed by atoms with E-state index >= 15 is 0 Å². The first-order chi connectivity index (χ1) is 11.4. The van der Waals surface area contributed by atoms with Gasteiger partial charge < -0.3 is 0 Å². The topological polar surface area (TPSA) is 40.6 Å². The number of fused-ring (bicyclic) bond motifs is 1. The zero-order valence-corrected chi connectivity index (χ0v) is 20.6. The summed E-state index contributed by atoms with van der Waals surface area (Å²) < 4.78 is 30.9. The van der Waals surface area contributed by atoms with Gasteiger partial charge in [-0.1, -0.05) is 0 Å². The van der Waals surface area contributed by atoms with Crippen molar-refractivity contribution in [2.75, 3.05) is 33.7 Å². The van der Waals surface area contributed by atoms with E-state index in [2.05, 4.69) is 53.1 Å². The molecule has 0 N–H and O–H groups in total. The van der Waals surface area contributed by atoms with Gasteiger partial charge in [-0.2, -0.15) is 0 Å². The van der Waals surface area contributed by atoms with E-state index in [1.54, 1.807) is 4.31 Å². The third kappa shape index (κ3) is 4.39.